The minimum atomic E-state index is -0.973. The van der Waals surface area contributed by atoms with Crippen LogP contribution in [0, 0.1) is 12.7 Å². The van der Waals surface area contributed by atoms with E-state index in [0.29, 0.717) is 39.7 Å². The number of aromatic nitrogens is 5. The van der Waals surface area contributed by atoms with Crippen LogP contribution in [0.3, 0.4) is 0 Å². The van der Waals surface area contributed by atoms with E-state index in [2.05, 4.69) is 10.2 Å². The molecule has 3 aromatic heterocycles. The summed E-state index contributed by atoms with van der Waals surface area (Å²) in [6.45, 7) is 5.35. The predicted octanol–water partition coefficient (Wildman–Crippen LogP) is 2.19. The number of carbonyl (C=O) groups excluding carboxylic acids is 1. The molecule has 4 aromatic rings. The molecule has 0 saturated carbocycles. The Kier molecular flexibility index (Phi) is 8.07. The normalized spacial score (nSPS) is 16.3. The number of aryl methyl sites for hydroxylation is 1. The van der Waals surface area contributed by atoms with Crippen LogP contribution < -0.4 is 16.0 Å². The first-order valence-electron chi connectivity index (χ1n) is 13.2. The fourth-order valence-corrected chi connectivity index (χ4v) is 6.52. The van der Waals surface area contributed by atoms with E-state index in [9.17, 15) is 23.9 Å². The zero-order valence-electron chi connectivity index (χ0n) is 23.1. The van der Waals surface area contributed by atoms with Gasteiger partial charge in [-0.15, -0.1) is 4.80 Å². The third kappa shape index (κ3) is 5.06. The molecule has 1 aliphatic rings. The first-order valence-corrected chi connectivity index (χ1v) is 14.0. The number of benzene rings is 1. The number of aliphatic hydroxyl groups excluding tert-OH is 1. The van der Waals surface area contributed by atoms with E-state index in [4.69, 9.17) is 9.47 Å². The highest BCUT2D eigenvalue weighted by Crippen LogP contribution is 2.34. The molecule has 0 bridgehead atoms. The summed E-state index contributed by atoms with van der Waals surface area (Å²) in [5, 5.41) is 18.7. The minimum Gasteiger partial charge on any atom is -0.496 e. The van der Waals surface area contributed by atoms with Gasteiger partial charge in [-0.3, -0.25) is 14.2 Å². The molecule has 1 aromatic carbocycles. The average molecular weight is 587 g/mol. The van der Waals surface area contributed by atoms with Crippen LogP contribution in [-0.4, -0.2) is 73.0 Å². The lowest BCUT2D eigenvalue weighted by Gasteiger charge is -2.24. The molecule has 1 aliphatic heterocycles. The van der Waals surface area contributed by atoms with Crippen molar-refractivity contribution < 1.29 is 23.8 Å². The van der Waals surface area contributed by atoms with Crippen molar-refractivity contribution in [2.24, 2.45) is 0 Å². The first kappa shape index (κ1) is 28.6. The summed E-state index contributed by atoms with van der Waals surface area (Å²) in [4.78, 5) is 44.9. The first-order chi connectivity index (χ1) is 19.7. The summed E-state index contributed by atoms with van der Waals surface area (Å²) in [6, 6.07) is 2.88. The van der Waals surface area contributed by atoms with Crippen molar-refractivity contribution in [1.29, 1.82) is 0 Å². The van der Waals surface area contributed by atoms with Gasteiger partial charge >= 0.3 is 5.69 Å². The second-order valence-electron chi connectivity index (χ2n) is 10.00. The molecular formula is C27H31FN6O6S. The molecule has 0 radical (unpaired) electrons. The van der Waals surface area contributed by atoms with Crippen LogP contribution >= 0.6 is 11.3 Å². The number of amides is 1. The summed E-state index contributed by atoms with van der Waals surface area (Å²) < 4.78 is 28.1. The number of nitrogens with zero attached hydrogens (tertiary/aromatic N) is 6. The molecule has 1 fully saturated rings. The van der Waals surface area contributed by atoms with Gasteiger partial charge in [-0.05, 0) is 45.4 Å². The Morgan fingerprint density at radius 1 is 1.20 bits per heavy atom. The Hall–Kier alpha value is -3.88. The van der Waals surface area contributed by atoms with Crippen molar-refractivity contribution in [3.8, 4) is 10.8 Å². The maximum atomic E-state index is 14.4. The number of fused-ring (bicyclic) bond motifs is 1. The van der Waals surface area contributed by atoms with Gasteiger partial charge < -0.3 is 19.5 Å². The third-order valence-corrected chi connectivity index (χ3v) is 8.54. The van der Waals surface area contributed by atoms with Gasteiger partial charge in [0.05, 0.1) is 44.6 Å². The fraction of sp³-hybridized carbons (Fsp3) is 0.444. The Balaban J connectivity index is 1.75. The van der Waals surface area contributed by atoms with Gasteiger partial charge in [-0.2, -0.15) is 10.2 Å². The lowest BCUT2D eigenvalue weighted by molar-refractivity contribution is -0.131. The predicted molar refractivity (Wildman–Crippen MR) is 149 cm³/mol. The second kappa shape index (κ2) is 11.5. The molecular weight excluding hydrogens is 555 g/mol. The number of methoxy groups -OCH3 is 1. The summed E-state index contributed by atoms with van der Waals surface area (Å²) in [6.07, 6.45) is 2.36. The van der Waals surface area contributed by atoms with E-state index in [1.54, 1.807) is 11.8 Å². The van der Waals surface area contributed by atoms with Crippen LogP contribution in [0.2, 0.25) is 0 Å². The van der Waals surface area contributed by atoms with Crippen molar-refractivity contribution >= 4 is 27.5 Å². The van der Waals surface area contributed by atoms with E-state index in [1.165, 1.54) is 47.1 Å². The van der Waals surface area contributed by atoms with E-state index in [0.717, 1.165) is 15.9 Å². The molecule has 1 amide bonds. The van der Waals surface area contributed by atoms with Crippen LogP contribution in [0.25, 0.3) is 15.2 Å². The van der Waals surface area contributed by atoms with Gasteiger partial charge in [0.1, 0.15) is 33.5 Å². The summed E-state index contributed by atoms with van der Waals surface area (Å²) >= 11 is 1.15. The number of rotatable bonds is 10. The average Bonchev–Trinajstić information content (AvgIpc) is 3.68. The summed E-state index contributed by atoms with van der Waals surface area (Å²) in [5.74, 6) is -0.508. The fourth-order valence-electron chi connectivity index (χ4n) is 5.30. The molecule has 1 saturated heterocycles. The van der Waals surface area contributed by atoms with Crippen LogP contribution in [0.1, 0.15) is 43.5 Å². The van der Waals surface area contributed by atoms with Gasteiger partial charge in [0, 0.05) is 23.7 Å². The number of ether oxygens (including phenoxy) is 2. The molecule has 2 unspecified atom stereocenters. The highest BCUT2D eigenvalue weighted by Gasteiger charge is 2.38. The van der Waals surface area contributed by atoms with E-state index < -0.39 is 29.2 Å². The van der Waals surface area contributed by atoms with Crippen molar-refractivity contribution in [2.75, 3.05) is 26.9 Å². The number of thiophene rings is 1. The minimum absolute atomic E-state index is 0.0914. The van der Waals surface area contributed by atoms with Crippen molar-refractivity contribution in [1.82, 2.24) is 29.0 Å². The summed E-state index contributed by atoms with van der Waals surface area (Å²) in [7, 11) is 1.43. The molecule has 2 atom stereocenters. The van der Waals surface area contributed by atoms with Gasteiger partial charge in [-0.1, -0.05) is 11.3 Å². The number of carbonyl (C=O) groups is 1. The smallest absolute Gasteiger partial charge is 0.332 e. The number of aliphatic hydroxyl groups is 1. The molecule has 12 nitrogen and oxygen atoms in total. The third-order valence-electron chi connectivity index (χ3n) is 7.26. The standard InChI is InChI=1S/C27H31FN6O6S/c1-15(2)31-10-7-19(23(31)36)33-24(37)22-16(3)25(34-29-8-9-30-34)41-26(22)32(27(33)38)14-21(40-12-11-35)18-13-17(28)5-6-20(18)39-4/h5-6,8-9,13,15,19,21,35H,7,10-12,14H2,1-4H3. The van der Waals surface area contributed by atoms with Crippen LogP contribution in [0.4, 0.5) is 4.39 Å². The van der Waals surface area contributed by atoms with Gasteiger partial charge in [0.15, 0.2) is 0 Å². The monoisotopic (exact) mass is 586 g/mol. The summed E-state index contributed by atoms with van der Waals surface area (Å²) in [5.41, 5.74) is -0.394. The Bertz CT molecular complexity index is 1700. The molecule has 4 heterocycles. The van der Waals surface area contributed by atoms with Crippen molar-refractivity contribution in [2.45, 2.75) is 51.9 Å². The molecule has 41 heavy (non-hydrogen) atoms. The van der Waals surface area contributed by atoms with Gasteiger partial charge in [0.2, 0.25) is 5.91 Å². The SMILES string of the molecule is COc1ccc(F)cc1C(Cn1c(=O)n(C2CCN(C(C)C)C2=O)c(=O)c2c(C)c(-n3nccn3)sc21)OCCO. The van der Waals surface area contributed by atoms with Crippen molar-refractivity contribution in [3.05, 3.63) is 68.4 Å². The van der Waals surface area contributed by atoms with E-state index in [-0.39, 0.29) is 37.1 Å². The highest BCUT2D eigenvalue weighted by atomic mass is 32.1. The molecule has 1 N–H and O–H groups in total. The van der Waals surface area contributed by atoms with Crippen LogP contribution in [0.15, 0.2) is 40.2 Å². The van der Waals surface area contributed by atoms with Crippen LogP contribution in [0.5, 0.6) is 5.75 Å². The molecule has 0 spiro atoms. The highest BCUT2D eigenvalue weighted by molar-refractivity contribution is 7.21. The number of hydrogen-bond donors (Lipinski definition) is 1. The maximum Gasteiger partial charge on any atom is 0.332 e. The number of halogens is 1. The molecule has 5 rings (SSSR count). The topological polar surface area (TPSA) is 134 Å². The quantitative estimate of drug-likeness (QED) is 0.299. The zero-order chi connectivity index (χ0) is 29.4. The lowest BCUT2D eigenvalue weighted by Crippen LogP contribution is -2.45. The van der Waals surface area contributed by atoms with Crippen LogP contribution in [-0.2, 0) is 16.1 Å². The Labute approximate surface area is 238 Å². The lowest BCUT2D eigenvalue weighted by atomic mass is 10.1. The Morgan fingerprint density at radius 2 is 1.93 bits per heavy atom. The largest absolute Gasteiger partial charge is 0.496 e. The number of likely N-dealkylation sites (tertiary alicyclic amines) is 1. The second-order valence-corrected chi connectivity index (χ2v) is 11.0. The maximum absolute atomic E-state index is 14.4. The van der Waals surface area contributed by atoms with E-state index >= 15 is 0 Å². The Morgan fingerprint density at radius 3 is 2.56 bits per heavy atom. The zero-order valence-corrected chi connectivity index (χ0v) is 23.9. The number of hydrogen-bond acceptors (Lipinski definition) is 9. The van der Waals surface area contributed by atoms with Gasteiger partial charge in [-0.25, -0.2) is 13.8 Å². The van der Waals surface area contributed by atoms with Crippen molar-refractivity contribution in [3.63, 3.8) is 0 Å². The van der Waals surface area contributed by atoms with Gasteiger partial charge in [0.25, 0.3) is 5.56 Å². The molecule has 218 valence electrons. The molecule has 0 aliphatic carbocycles. The van der Waals surface area contributed by atoms with E-state index in [1.807, 2.05) is 13.8 Å². The molecule has 14 heteroatoms.